The molecular formula is C22H27ClN4O2S2. The second-order valence-electron chi connectivity index (χ2n) is 8.87. The van der Waals surface area contributed by atoms with Gasteiger partial charge in [0.05, 0.1) is 10.4 Å². The van der Waals surface area contributed by atoms with Crippen LogP contribution in [0.15, 0.2) is 24.5 Å². The minimum Gasteiger partial charge on any atom is -0.337 e. The first-order valence-corrected chi connectivity index (χ1v) is 14.1. The van der Waals surface area contributed by atoms with Gasteiger partial charge in [0.25, 0.3) is 0 Å². The third-order valence-electron chi connectivity index (χ3n) is 6.60. The van der Waals surface area contributed by atoms with Crippen LogP contribution in [-0.2, 0) is 14.3 Å². The molecule has 0 radical (unpaired) electrons. The highest BCUT2D eigenvalue weighted by Crippen LogP contribution is 2.40. The Kier molecular flexibility index (Phi) is 5.73. The Balaban J connectivity index is 1.35. The van der Waals surface area contributed by atoms with Crippen LogP contribution in [0.1, 0.15) is 48.1 Å². The molecule has 1 saturated carbocycles. The number of nitrogens with zero attached hydrogens (tertiary/aromatic N) is 4. The van der Waals surface area contributed by atoms with E-state index < -0.39 is 9.52 Å². The van der Waals surface area contributed by atoms with Crippen molar-refractivity contribution in [2.24, 2.45) is 5.92 Å². The molecule has 2 saturated heterocycles. The number of amides is 1. The number of carbonyl (C=O) groups excluding carboxylic acids is 1. The van der Waals surface area contributed by atoms with Crippen molar-refractivity contribution < 1.29 is 9.00 Å². The van der Waals surface area contributed by atoms with Gasteiger partial charge in [0, 0.05) is 54.3 Å². The van der Waals surface area contributed by atoms with Crippen LogP contribution >= 0.6 is 22.9 Å². The number of rotatable bonds is 4. The summed E-state index contributed by atoms with van der Waals surface area (Å²) in [5.41, 5.74) is 1.22. The highest BCUT2D eigenvalue weighted by molar-refractivity contribution is 8.00. The van der Waals surface area contributed by atoms with Crippen LogP contribution in [0.25, 0.3) is 0 Å². The van der Waals surface area contributed by atoms with Gasteiger partial charge < -0.3 is 9.80 Å². The minimum absolute atomic E-state index is 0.0742. The number of thiophene rings is 1. The molecule has 1 atom stereocenters. The zero-order valence-corrected chi connectivity index (χ0v) is 19.8. The summed E-state index contributed by atoms with van der Waals surface area (Å²) < 4.78 is 13.0. The van der Waals surface area contributed by atoms with Crippen molar-refractivity contribution in [1.82, 2.24) is 14.9 Å². The smallest absolute Gasteiger partial charge is 0.226 e. The Morgan fingerprint density at radius 3 is 2.45 bits per heavy atom. The minimum atomic E-state index is -2.00. The van der Waals surface area contributed by atoms with Crippen LogP contribution in [-0.4, -0.2) is 62.0 Å². The predicted molar refractivity (Wildman–Crippen MR) is 128 cm³/mol. The summed E-state index contributed by atoms with van der Waals surface area (Å²) in [4.78, 5) is 27.9. The maximum atomic E-state index is 13.5. The summed E-state index contributed by atoms with van der Waals surface area (Å²) in [6.45, 7) is 1.95. The lowest BCUT2D eigenvalue weighted by Crippen LogP contribution is -2.53. The van der Waals surface area contributed by atoms with E-state index in [-0.39, 0.29) is 17.9 Å². The van der Waals surface area contributed by atoms with Crippen molar-refractivity contribution >= 4 is 50.2 Å². The van der Waals surface area contributed by atoms with E-state index in [0.717, 1.165) is 15.2 Å². The van der Waals surface area contributed by atoms with Crippen molar-refractivity contribution in [3.63, 3.8) is 0 Å². The molecule has 31 heavy (non-hydrogen) atoms. The van der Waals surface area contributed by atoms with E-state index >= 15 is 0 Å². The Morgan fingerprint density at radius 2 is 1.84 bits per heavy atom. The fraction of sp³-hybridized carbons (Fsp3) is 0.545. The van der Waals surface area contributed by atoms with E-state index in [4.69, 9.17) is 11.6 Å². The van der Waals surface area contributed by atoms with E-state index in [1.54, 1.807) is 0 Å². The lowest BCUT2D eigenvalue weighted by Gasteiger charge is -2.43. The number of hydrogen-bond donors (Lipinski definition) is 0. The Bertz CT molecular complexity index is 1050. The van der Waals surface area contributed by atoms with Gasteiger partial charge in [-0.25, -0.2) is 9.97 Å². The second kappa shape index (κ2) is 8.37. The lowest BCUT2D eigenvalue weighted by molar-refractivity contribution is -0.138. The van der Waals surface area contributed by atoms with E-state index in [9.17, 15) is 9.00 Å². The molecule has 3 aliphatic rings. The van der Waals surface area contributed by atoms with Crippen molar-refractivity contribution in [3.8, 4) is 0 Å². The lowest BCUT2D eigenvalue weighted by atomic mass is 9.98. The number of carbonyl (C=O) groups is 1. The van der Waals surface area contributed by atoms with Gasteiger partial charge >= 0.3 is 0 Å². The van der Waals surface area contributed by atoms with Crippen LogP contribution < -0.4 is 4.90 Å². The maximum Gasteiger partial charge on any atom is 0.226 e. The fourth-order valence-corrected chi connectivity index (χ4v) is 7.34. The average molecular weight is 479 g/mol. The van der Waals surface area contributed by atoms with Gasteiger partial charge in [-0.3, -0.25) is 9.00 Å². The van der Waals surface area contributed by atoms with Gasteiger partial charge in [0.15, 0.2) is 0 Å². The molecule has 1 unspecified atom stereocenters. The molecule has 1 aliphatic carbocycles. The Morgan fingerprint density at radius 1 is 1.13 bits per heavy atom. The van der Waals surface area contributed by atoms with E-state index in [2.05, 4.69) is 20.7 Å². The van der Waals surface area contributed by atoms with Gasteiger partial charge in [-0.1, -0.05) is 11.6 Å². The standard InChI is InChI=1S/C22H27ClN4O2S2/c1-31(29)10-6-16(7-11-31)21(28)27-9-8-26(14-18(27)19-4-5-20(23)30-19)22-24-12-17(13-25-22)15-2-3-15/h4-5,12-13,15-16,18H,1-3,6-11,14H2. The quantitative estimate of drug-likeness (QED) is 0.628. The molecule has 0 bridgehead atoms. The van der Waals surface area contributed by atoms with Crippen molar-refractivity contribution in [1.29, 1.82) is 0 Å². The molecule has 2 aliphatic heterocycles. The molecule has 6 nitrogen and oxygen atoms in total. The van der Waals surface area contributed by atoms with Gasteiger partial charge in [0.2, 0.25) is 11.9 Å². The van der Waals surface area contributed by atoms with Gasteiger partial charge in [-0.05, 0) is 64.7 Å². The molecule has 1 amide bonds. The molecule has 2 aromatic heterocycles. The summed E-state index contributed by atoms with van der Waals surface area (Å²) in [6, 6.07) is 3.82. The van der Waals surface area contributed by atoms with Crippen LogP contribution in [0.5, 0.6) is 0 Å². The zero-order chi connectivity index (χ0) is 21.6. The molecule has 5 rings (SSSR count). The van der Waals surface area contributed by atoms with Crippen molar-refractivity contribution in [3.05, 3.63) is 39.3 Å². The molecule has 4 heterocycles. The molecule has 166 valence electrons. The van der Waals surface area contributed by atoms with E-state index in [0.29, 0.717) is 49.9 Å². The first-order valence-electron chi connectivity index (χ1n) is 10.8. The maximum absolute atomic E-state index is 13.5. The predicted octanol–water partition coefficient (Wildman–Crippen LogP) is 3.59. The molecule has 0 N–H and O–H groups in total. The number of aromatic nitrogens is 2. The first-order chi connectivity index (χ1) is 14.9. The summed E-state index contributed by atoms with van der Waals surface area (Å²) in [7, 11) is -2.00. The summed E-state index contributed by atoms with van der Waals surface area (Å²) in [6.07, 6.45) is 7.68. The van der Waals surface area contributed by atoms with Crippen LogP contribution in [0.4, 0.5) is 5.95 Å². The van der Waals surface area contributed by atoms with Crippen LogP contribution in [0.2, 0.25) is 4.34 Å². The molecular weight excluding hydrogens is 452 g/mol. The largest absolute Gasteiger partial charge is 0.337 e. The highest BCUT2D eigenvalue weighted by atomic mass is 35.5. The molecule has 3 fully saturated rings. The van der Waals surface area contributed by atoms with Gasteiger partial charge in [0.1, 0.15) is 0 Å². The number of hydrogen-bond acceptors (Lipinski definition) is 6. The molecule has 0 aromatic carbocycles. The highest BCUT2D eigenvalue weighted by Gasteiger charge is 2.37. The molecule has 0 spiro atoms. The topological polar surface area (TPSA) is 66.4 Å². The van der Waals surface area contributed by atoms with Crippen LogP contribution in [0, 0.1) is 5.92 Å². The monoisotopic (exact) mass is 478 g/mol. The SMILES string of the molecule is C=S1(=O)CCC(C(=O)N2CCN(c3ncc(C4CC4)cn3)CC2c2ccc(Cl)s2)CC1. The molecule has 9 heteroatoms. The van der Waals surface area contributed by atoms with Gasteiger partial charge in [-0.15, -0.1) is 11.3 Å². The third-order valence-corrected chi connectivity index (χ3v) is 9.89. The van der Waals surface area contributed by atoms with E-state index in [1.807, 2.05) is 29.4 Å². The molecule has 2 aromatic rings. The van der Waals surface area contributed by atoms with E-state index in [1.165, 1.54) is 29.7 Å². The Labute approximate surface area is 192 Å². The van der Waals surface area contributed by atoms with Crippen molar-refractivity contribution in [2.75, 3.05) is 36.0 Å². The van der Waals surface area contributed by atoms with Gasteiger partial charge in [-0.2, -0.15) is 0 Å². The summed E-state index contributed by atoms with van der Waals surface area (Å²) >= 11 is 7.75. The average Bonchev–Trinajstić information content (AvgIpc) is 3.53. The summed E-state index contributed by atoms with van der Waals surface area (Å²) in [5, 5.41) is 0. The van der Waals surface area contributed by atoms with Crippen molar-refractivity contribution in [2.45, 2.75) is 37.6 Å². The summed E-state index contributed by atoms with van der Waals surface area (Å²) in [5.74, 6) is 6.36. The normalized spacial score (nSPS) is 29.2. The zero-order valence-electron chi connectivity index (χ0n) is 17.4. The first kappa shape index (κ1) is 21.2. The number of piperazine rings is 1. The third kappa shape index (κ3) is 4.61. The fourth-order valence-electron chi connectivity index (χ4n) is 4.54. The Hall–Kier alpha value is -1.64. The van der Waals surface area contributed by atoms with Crippen LogP contribution in [0.3, 0.4) is 0 Å². The number of halogens is 1. The second-order valence-corrected chi connectivity index (χ2v) is 13.4. The number of anilines is 1.